The minimum Gasteiger partial charge on any atom is -0.331 e. The van der Waals surface area contributed by atoms with Crippen molar-refractivity contribution in [2.45, 2.75) is 31.3 Å². The second-order valence-electron chi connectivity index (χ2n) is 5.07. The molecule has 0 radical (unpaired) electrons. The highest BCUT2D eigenvalue weighted by molar-refractivity contribution is 7.09. The Bertz CT molecular complexity index is 575. The van der Waals surface area contributed by atoms with E-state index in [1.807, 2.05) is 35.2 Å². The molecule has 4 heteroatoms. The number of halogens is 1. The minimum atomic E-state index is 0.127. The van der Waals surface area contributed by atoms with Gasteiger partial charge in [-0.3, -0.25) is 4.79 Å². The van der Waals surface area contributed by atoms with Gasteiger partial charge in [0.15, 0.2) is 0 Å². The Morgan fingerprint density at radius 1 is 1.25 bits per heavy atom. The van der Waals surface area contributed by atoms with E-state index in [2.05, 4.69) is 11.4 Å². The molecule has 0 unspecified atom stereocenters. The lowest BCUT2D eigenvalue weighted by molar-refractivity contribution is 0.0731. The molecule has 0 bridgehead atoms. The second-order valence-corrected chi connectivity index (χ2v) is 6.37. The number of rotatable bonds is 5. The first-order valence-electron chi connectivity index (χ1n) is 6.76. The van der Waals surface area contributed by atoms with Crippen molar-refractivity contribution < 1.29 is 4.79 Å². The molecular weight excluding hydrogens is 290 g/mol. The van der Waals surface area contributed by atoms with Crippen LogP contribution in [0.1, 0.15) is 33.6 Å². The molecule has 0 saturated heterocycles. The SMILES string of the molecule is O=C(c1ccc(CCl)cc1)N(Cc1cccs1)C1CC1. The van der Waals surface area contributed by atoms with Gasteiger partial charge >= 0.3 is 0 Å². The molecule has 0 aliphatic heterocycles. The van der Waals surface area contributed by atoms with Crippen LogP contribution >= 0.6 is 22.9 Å². The Kier molecular flexibility index (Phi) is 4.08. The van der Waals surface area contributed by atoms with Crippen LogP contribution in [-0.2, 0) is 12.4 Å². The van der Waals surface area contributed by atoms with Gasteiger partial charge in [-0.1, -0.05) is 18.2 Å². The van der Waals surface area contributed by atoms with Crippen LogP contribution in [-0.4, -0.2) is 16.8 Å². The van der Waals surface area contributed by atoms with Gasteiger partial charge in [-0.2, -0.15) is 0 Å². The molecular formula is C16H16ClNOS. The number of nitrogens with zero attached hydrogens (tertiary/aromatic N) is 1. The quantitative estimate of drug-likeness (QED) is 0.755. The number of carbonyl (C=O) groups excluding carboxylic acids is 1. The average molecular weight is 306 g/mol. The summed E-state index contributed by atoms with van der Waals surface area (Å²) in [4.78, 5) is 15.9. The summed E-state index contributed by atoms with van der Waals surface area (Å²) in [5, 5.41) is 2.06. The molecule has 0 spiro atoms. The number of thiophene rings is 1. The van der Waals surface area contributed by atoms with Crippen LogP contribution < -0.4 is 0 Å². The van der Waals surface area contributed by atoms with E-state index in [0.29, 0.717) is 11.9 Å². The summed E-state index contributed by atoms with van der Waals surface area (Å²) >= 11 is 7.49. The molecule has 1 aliphatic carbocycles. The molecule has 104 valence electrons. The van der Waals surface area contributed by atoms with Crippen LogP contribution in [0.25, 0.3) is 0 Å². The van der Waals surface area contributed by atoms with Gasteiger partial charge < -0.3 is 4.90 Å². The number of alkyl halides is 1. The maximum atomic E-state index is 12.6. The van der Waals surface area contributed by atoms with Crippen molar-refractivity contribution in [3.05, 3.63) is 57.8 Å². The molecule has 20 heavy (non-hydrogen) atoms. The Hall–Kier alpha value is -1.32. The van der Waals surface area contributed by atoms with Crippen molar-refractivity contribution >= 4 is 28.8 Å². The first kappa shape index (κ1) is 13.7. The van der Waals surface area contributed by atoms with Crippen LogP contribution in [0, 0.1) is 0 Å². The van der Waals surface area contributed by atoms with Gasteiger partial charge in [0.25, 0.3) is 5.91 Å². The Morgan fingerprint density at radius 2 is 2.00 bits per heavy atom. The van der Waals surface area contributed by atoms with Gasteiger partial charge in [-0.05, 0) is 42.0 Å². The van der Waals surface area contributed by atoms with Gasteiger partial charge in [0, 0.05) is 22.4 Å². The maximum Gasteiger partial charge on any atom is 0.254 e. The third kappa shape index (κ3) is 3.05. The summed E-state index contributed by atoms with van der Waals surface area (Å²) < 4.78 is 0. The lowest BCUT2D eigenvalue weighted by Crippen LogP contribution is -2.32. The zero-order chi connectivity index (χ0) is 13.9. The third-order valence-electron chi connectivity index (χ3n) is 3.51. The van der Waals surface area contributed by atoms with Gasteiger partial charge in [-0.25, -0.2) is 0 Å². The molecule has 2 aromatic rings. The normalized spacial score (nSPS) is 14.2. The first-order chi connectivity index (χ1) is 9.78. The molecule has 3 rings (SSSR count). The van der Waals surface area contributed by atoms with E-state index in [9.17, 15) is 4.79 Å². The van der Waals surface area contributed by atoms with Crippen molar-refractivity contribution in [3.8, 4) is 0 Å². The van der Waals surface area contributed by atoms with Crippen molar-refractivity contribution in [1.82, 2.24) is 4.90 Å². The summed E-state index contributed by atoms with van der Waals surface area (Å²) in [5.41, 5.74) is 1.79. The van der Waals surface area contributed by atoms with Crippen molar-refractivity contribution in [1.29, 1.82) is 0 Å². The van der Waals surface area contributed by atoms with Crippen molar-refractivity contribution in [3.63, 3.8) is 0 Å². The van der Waals surface area contributed by atoms with Crippen LogP contribution in [0.2, 0.25) is 0 Å². The number of hydrogen-bond donors (Lipinski definition) is 0. The van der Waals surface area contributed by atoms with E-state index in [0.717, 1.165) is 30.5 Å². The molecule has 1 heterocycles. The lowest BCUT2D eigenvalue weighted by atomic mass is 10.1. The van der Waals surface area contributed by atoms with Crippen LogP contribution in [0.3, 0.4) is 0 Å². The largest absolute Gasteiger partial charge is 0.331 e. The predicted molar refractivity (Wildman–Crippen MR) is 83.2 cm³/mol. The fraction of sp³-hybridized carbons (Fsp3) is 0.312. The Morgan fingerprint density at radius 3 is 2.55 bits per heavy atom. The molecule has 1 aromatic carbocycles. The van der Waals surface area contributed by atoms with E-state index in [1.54, 1.807) is 11.3 Å². The minimum absolute atomic E-state index is 0.127. The standard InChI is InChI=1S/C16H16ClNOS/c17-10-12-3-5-13(6-4-12)16(19)18(14-7-8-14)11-15-2-1-9-20-15/h1-6,9,14H,7-8,10-11H2. The Balaban J connectivity index is 1.77. The number of hydrogen-bond acceptors (Lipinski definition) is 2. The van der Waals surface area contributed by atoms with E-state index in [1.165, 1.54) is 4.88 Å². The number of benzene rings is 1. The van der Waals surface area contributed by atoms with Crippen LogP contribution in [0.15, 0.2) is 41.8 Å². The molecule has 2 nitrogen and oxygen atoms in total. The smallest absolute Gasteiger partial charge is 0.254 e. The van der Waals surface area contributed by atoms with Gasteiger partial charge in [-0.15, -0.1) is 22.9 Å². The third-order valence-corrected chi connectivity index (χ3v) is 4.68. The number of amides is 1. The van der Waals surface area contributed by atoms with Gasteiger partial charge in [0.05, 0.1) is 6.54 Å². The summed E-state index contributed by atoms with van der Waals surface area (Å²) in [5.74, 6) is 0.609. The van der Waals surface area contributed by atoms with E-state index in [-0.39, 0.29) is 5.91 Å². The first-order valence-corrected chi connectivity index (χ1v) is 8.17. The fourth-order valence-corrected chi connectivity index (χ4v) is 3.11. The highest BCUT2D eigenvalue weighted by Crippen LogP contribution is 2.30. The van der Waals surface area contributed by atoms with Gasteiger partial charge in [0.1, 0.15) is 0 Å². The van der Waals surface area contributed by atoms with E-state index < -0.39 is 0 Å². The highest BCUT2D eigenvalue weighted by Gasteiger charge is 2.33. The van der Waals surface area contributed by atoms with E-state index in [4.69, 9.17) is 11.6 Å². The van der Waals surface area contributed by atoms with Crippen molar-refractivity contribution in [2.75, 3.05) is 0 Å². The fourth-order valence-electron chi connectivity index (χ4n) is 2.23. The van der Waals surface area contributed by atoms with E-state index >= 15 is 0 Å². The summed E-state index contributed by atoms with van der Waals surface area (Å²) in [6.45, 7) is 0.721. The summed E-state index contributed by atoms with van der Waals surface area (Å²) in [7, 11) is 0. The Labute approximate surface area is 128 Å². The monoisotopic (exact) mass is 305 g/mol. The summed E-state index contributed by atoms with van der Waals surface area (Å²) in [6, 6.07) is 12.1. The summed E-state index contributed by atoms with van der Waals surface area (Å²) in [6.07, 6.45) is 2.24. The number of carbonyl (C=O) groups is 1. The zero-order valence-corrected chi connectivity index (χ0v) is 12.7. The molecule has 1 saturated carbocycles. The highest BCUT2D eigenvalue weighted by atomic mass is 35.5. The molecule has 1 aromatic heterocycles. The van der Waals surface area contributed by atoms with Crippen LogP contribution in [0.5, 0.6) is 0 Å². The molecule has 0 N–H and O–H groups in total. The average Bonchev–Trinajstić information content (AvgIpc) is 3.21. The predicted octanol–water partition coefficient (Wildman–Crippen LogP) is 4.29. The molecule has 0 atom stereocenters. The lowest BCUT2D eigenvalue weighted by Gasteiger charge is -2.22. The molecule has 1 aliphatic rings. The second kappa shape index (κ2) is 5.98. The zero-order valence-electron chi connectivity index (χ0n) is 11.1. The topological polar surface area (TPSA) is 20.3 Å². The van der Waals surface area contributed by atoms with Gasteiger partial charge in [0.2, 0.25) is 0 Å². The molecule has 1 amide bonds. The van der Waals surface area contributed by atoms with Crippen LogP contribution in [0.4, 0.5) is 0 Å². The maximum absolute atomic E-state index is 12.6. The molecule has 1 fully saturated rings. The van der Waals surface area contributed by atoms with Crippen molar-refractivity contribution in [2.24, 2.45) is 0 Å².